The molecule has 0 saturated heterocycles. The summed E-state index contributed by atoms with van der Waals surface area (Å²) in [4.78, 5) is 25.5. The van der Waals surface area contributed by atoms with Crippen molar-refractivity contribution in [3.05, 3.63) is 94.5 Å². The van der Waals surface area contributed by atoms with Crippen LogP contribution in [0.4, 0.5) is 5.69 Å². The number of ether oxygens (including phenoxy) is 1. The highest BCUT2D eigenvalue weighted by atomic mass is 35.5. The molecule has 0 spiro atoms. The fourth-order valence-corrected chi connectivity index (χ4v) is 2.84. The highest BCUT2D eigenvalue weighted by molar-refractivity contribution is 6.31. The van der Waals surface area contributed by atoms with Crippen LogP contribution in [0.1, 0.15) is 28.4 Å². The molecule has 0 saturated carbocycles. The van der Waals surface area contributed by atoms with Crippen molar-refractivity contribution in [1.82, 2.24) is 0 Å². The summed E-state index contributed by atoms with van der Waals surface area (Å²) in [6.07, 6.45) is -0.738. The van der Waals surface area contributed by atoms with Crippen molar-refractivity contribution in [2.45, 2.75) is 20.0 Å². The minimum atomic E-state index is -0.738. The molecule has 0 aliphatic heterocycles. The van der Waals surface area contributed by atoms with E-state index >= 15 is 0 Å². The molecule has 0 aromatic heterocycles. The van der Waals surface area contributed by atoms with Crippen LogP contribution in [-0.4, -0.2) is 17.8 Å². The number of aryl methyl sites for hydroxylation is 1. The number of benzene rings is 3. The van der Waals surface area contributed by atoms with Gasteiger partial charge in [-0.3, -0.25) is 9.59 Å². The van der Waals surface area contributed by atoms with Crippen LogP contribution >= 0.6 is 11.6 Å². The second kappa shape index (κ2) is 8.72. The van der Waals surface area contributed by atoms with Gasteiger partial charge in [-0.2, -0.15) is 0 Å². The number of ketones is 1. The molecule has 0 aliphatic carbocycles. The summed E-state index contributed by atoms with van der Waals surface area (Å²) in [5.74, 6) is 0.0282. The number of nitrogens with one attached hydrogen (secondary N) is 1. The van der Waals surface area contributed by atoms with Crippen LogP contribution < -0.4 is 10.1 Å². The van der Waals surface area contributed by atoms with Crippen molar-refractivity contribution in [1.29, 1.82) is 0 Å². The molecule has 142 valence electrons. The molecule has 0 radical (unpaired) electrons. The Morgan fingerprint density at radius 1 is 0.964 bits per heavy atom. The number of carbonyl (C=O) groups is 2. The third kappa shape index (κ3) is 4.78. The van der Waals surface area contributed by atoms with E-state index in [4.69, 9.17) is 16.3 Å². The van der Waals surface area contributed by atoms with E-state index in [1.165, 1.54) is 0 Å². The van der Waals surface area contributed by atoms with Gasteiger partial charge in [-0.25, -0.2) is 0 Å². The largest absolute Gasteiger partial charge is 0.481 e. The van der Waals surface area contributed by atoms with Crippen molar-refractivity contribution in [2.75, 3.05) is 5.32 Å². The van der Waals surface area contributed by atoms with Gasteiger partial charge in [0.15, 0.2) is 11.9 Å². The summed E-state index contributed by atoms with van der Waals surface area (Å²) in [5.41, 5.74) is 2.34. The Balaban J connectivity index is 1.79. The smallest absolute Gasteiger partial charge is 0.265 e. The molecule has 0 bridgehead atoms. The first-order valence-corrected chi connectivity index (χ1v) is 9.25. The number of rotatable bonds is 6. The Labute approximate surface area is 169 Å². The lowest BCUT2D eigenvalue weighted by molar-refractivity contribution is -0.122. The Morgan fingerprint density at radius 3 is 2.32 bits per heavy atom. The lowest BCUT2D eigenvalue weighted by Crippen LogP contribution is -2.30. The van der Waals surface area contributed by atoms with Crippen LogP contribution in [0.3, 0.4) is 0 Å². The number of amides is 1. The van der Waals surface area contributed by atoms with Gasteiger partial charge in [0.1, 0.15) is 5.75 Å². The van der Waals surface area contributed by atoms with Gasteiger partial charge in [0.25, 0.3) is 5.91 Å². The normalized spacial score (nSPS) is 11.5. The molecule has 0 heterocycles. The zero-order valence-corrected chi connectivity index (χ0v) is 16.4. The Hall–Kier alpha value is -3.11. The quantitative estimate of drug-likeness (QED) is 0.579. The van der Waals surface area contributed by atoms with Crippen LogP contribution in [0, 0.1) is 6.92 Å². The lowest BCUT2D eigenvalue weighted by Gasteiger charge is -2.16. The maximum Gasteiger partial charge on any atom is 0.265 e. The van der Waals surface area contributed by atoms with Crippen molar-refractivity contribution in [3.63, 3.8) is 0 Å². The van der Waals surface area contributed by atoms with E-state index < -0.39 is 6.10 Å². The molecule has 5 heteroatoms. The summed E-state index contributed by atoms with van der Waals surface area (Å²) in [6.45, 7) is 3.63. The van der Waals surface area contributed by atoms with Gasteiger partial charge in [-0.1, -0.05) is 59.6 Å². The van der Waals surface area contributed by atoms with Gasteiger partial charge in [-0.15, -0.1) is 0 Å². The molecule has 3 aromatic rings. The number of carbonyl (C=O) groups excluding carboxylic acids is 2. The average molecular weight is 394 g/mol. The molecule has 1 atom stereocenters. The van der Waals surface area contributed by atoms with Gasteiger partial charge < -0.3 is 10.1 Å². The summed E-state index contributed by atoms with van der Waals surface area (Å²) in [5, 5.41) is 3.19. The average Bonchev–Trinajstić information content (AvgIpc) is 2.71. The number of halogens is 1. The minimum Gasteiger partial charge on any atom is -0.481 e. The van der Waals surface area contributed by atoms with Gasteiger partial charge in [0.2, 0.25) is 0 Å². The molecule has 1 N–H and O–H groups in total. The first-order valence-electron chi connectivity index (χ1n) is 8.87. The minimum absolute atomic E-state index is 0.217. The van der Waals surface area contributed by atoms with Crippen LogP contribution in [-0.2, 0) is 4.79 Å². The second-order valence-electron chi connectivity index (χ2n) is 6.45. The summed E-state index contributed by atoms with van der Waals surface area (Å²) < 4.78 is 5.69. The van der Waals surface area contributed by atoms with Crippen molar-refractivity contribution in [3.8, 4) is 5.75 Å². The molecule has 3 aromatic carbocycles. The lowest BCUT2D eigenvalue weighted by atomic mass is 10.0. The first-order chi connectivity index (χ1) is 13.4. The molecule has 1 amide bonds. The molecule has 28 heavy (non-hydrogen) atoms. The SMILES string of the molecule is Cc1ccc(OC(C)C(=O)Nc2ccc(Cl)cc2C(=O)c2ccccc2)cc1. The van der Waals surface area contributed by atoms with E-state index in [1.54, 1.807) is 49.4 Å². The molecule has 0 aliphatic rings. The standard InChI is InChI=1S/C23H20ClNO3/c1-15-8-11-19(12-9-15)28-16(2)23(27)25-21-13-10-18(24)14-20(21)22(26)17-6-4-3-5-7-17/h3-14,16H,1-2H3,(H,25,27). The summed E-state index contributed by atoms with van der Waals surface area (Å²) in [6, 6.07) is 21.1. The Bertz CT molecular complexity index is 984. The van der Waals surface area contributed by atoms with E-state index in [1.807, 2.05) is 37.3 Å². The zero-order valence-electron chi connectivity index (χ0n) is 15.6. The summed E-state index contributed by atoms with van der Waals surface area (Å²) >= 11 is 6.08. The van der Waals surface area contributed by atoms with Crippen molar-refractivity contribution < 1.29 is 14.3 Å². The highest BCUT2D eigenvalue weighted by Crippen LogP contribution is 2.24. The molecular weight excluding hydrogens is 374 g/mol. The fraction of sp³-hybridized carbons (Fsp3) is 0.130. The number of hydrogen-bond acceptors (Lipinski definition) is 3. The third-order valence-corrected chi connectivity index (χ3v) is 4.46. The Morgan fingerprint density at radius 2 is 1.64 bits per heavy atom. The fourth-order valence-electron chi connectivity index (χ4n) is 2.67. The topological polar surface area (TPSA) is 55.4 Å². The molecule has 4 nitrogen and oxygen atoms in total. The van der Waals surface area contributed by atoms with Crippen LogP contribution in [0.25, 0.3) is 0 Å². The van der Waals surface area contributed by atoms with E-state index in [9.17, 15) is 9.59 Å². The highest BCUT2D eigenvalue weighted by Gasteiger charge is 2.20. The zero-order chi connectivity index (χ0) is 20.1. The van der Waals surface area contributed by atoms with E-state index in [0.717, 1.165) is 5.56 Å². The predicted octanol–water partition coefficient (Wildman–Crippen LogP) is 5.29. The van der Waals surface area contributed by atoms with E-state index in [2.05, 4.69) is 5.32 Å². The maximum absolute atomic E-state index is 12.9. The van der Waals surface area contributed by atoms with Crippen molar-refractivity contribution >= 4 is 29.0 Å². The van der Waals surface area contributed by atoms with E-state index in [0.29, 0.717) is 27.6 Å². The first kappa shape index (κ1) is 19.6. The van der Waals surface area contributed by atoms with Gasteiger partial charge in [-0.05, 0) is 44.2 Å². The molecule has 1 unspecified atom stereocenters. The third-order valence-electron chi connectivity index (χ3n) is 4.22. The molecule has 0 fully saturated rings. The van der Waals surface area contributed by atoms with Gasteiger partial charge >= 0.3 is 0 Å². The Kier molecular flexibility index (Phi) is 6.12. The van der Waals surface area contributed by atoms with Crippen LogP contribution in [0.15, 0.2) is 72.8 Å². The molecular formula is C23H20ClNO3. The van der Waals surface area contributed by atoms with Gasteiger partial charge in [0.05, 0.1) is 5.69 Å². The maximum atomic E-state index is 12.9. The van der Waals surface area contributed by atoms with Crippen LogP contribution in [0.2, 0.25) is 5.02 Å². The van der Waals surface area contributed by atoms with Crippen LogP contribution in [0.5, 0.6) is 5.75 Å². The molecule has 3 rings (SSSR count). The number of anilines is 1. The monoisotopic (exact) mass is 393 g/mol. The number of hydrogen-bond donors (Lipinski definition) is 1. The van der Waals surface area contributed by atoms with Gasteiger partial charge in [0, 0.05) is 16.1 Å². The van der Waals surface area contributed by atoms with Crippen molar-refractivity contribution in [2.24, 2.45) is 0 Å². The van der Waals surface area contributed by atoms with E-state index in [-0.39, 0.29) is 11.7 Å². The second-order valence-corrected chi connectivity index (χ2v) is 6.88. The predicted molar refractivity (Wildman–Crippen MR) is 111 cm³/mol. The summed E-state index contributed by atoms with van der Waals surface area (Å²) in [7, 11) is 0.